The lowest BCUT2D eigenvalue weighted by Crippen LogP contribution is -2.17. The highest BCUT2D eigenvalue weighted by atomic mass is 19.4. The molecule has 0 aliphatic rings. The zero-order valence-electron chi connectivity index (χ0n) is 10.7. The molecule has 0 aliphatic heterocycles. The van der Waals surface area contributed by atoms with Gasteiger partial charge in [-0.2, -0.15) is 13.2 Å². The first-order valence-corrected chi connectivity index (χ1v) is 6.05. The number of ether oxygens (including phenoxy) is 1. The van der Waals surface area contributed by atoms with Crippen LogP contribution in [-0.4, -0.2) is 19.3 Å². The number of hydrogen-bond donors (Lipinski definition) is 1. The molecule has 0 amide bonds. The van der Waals surface area contributed by atoms with E-state index in [2.05, 4.69) is 10.1 Å². The highest BCUT2D eigenvalue weighted by Crippen LogP contribution is 2.17. The third-order valence-corrected chi connectivity index (χ3v) is 2.39. The minimum atomic E-state index is -4.39. The van der Waals surface area contributed by atoms with Gasteiger partial charge in [0.05, 0.1) is 6.61 Å². The van der Waals surface area contributed by atoms with Crippen molar-refractivity contribution in [1.29, 1.82) is 0 Å². The van der Waals surface area contributed by atoms with E-state index < -0.39 is 18.6 Å². The van der Waals surface area contributed by atoms with E-state index in [1.807, 2.05) is 6.92 Å². The molecule has 0 aromatic heterocycles. The van der Waals surface area contributed by atoms with Crippen molar-refractivity contribution in [3.63, 3.8) is 0 Å². The average Bonchev–Trinajstić information content (AvgIpc) is 2.31. The van der Waals surface area contributed by atoms with Gasteiger partial charge in [-0.3, -0.25) is 0 Å². The molecule has 0 bridgehead atoms. The SMILES string of the molecule is CCCNCc1ccc(F)c(COCC(F)(F)F)c1. The second kappa shape index (κ2) is 7.45. The third kappa shape index (κ3) is 6.54. The van der Waals surface area contributed by atoms with E-state index in [-0.39, 0.29) is 12.2 Å². The monoisotopic (exact) mass is 279 g/mol. The van der Waals surface area contributed by atoms with Crippen LogP contribution in [-0.2, 0) is 17.9 Å². The zero-order valence-corrected chi connectivity index (χ0v) is 10.7. The molecule has 1 rings (SSSR count). The van der Waals surface area contributed by atoms with Crippen molar-refractivity contribution in [2.45, 2.75) is 32.7 Å². The van der Waals surface area contributed by atoms with Crippen LogP contribution in [0.4, 0.5) is 17.6 Å². The van der Waals surface area contributed by atoms with Crippen LogP contribution in [0.2, 0.25) is 0 Å². The highest BCUT2D eigenvalue weighted by molar-refractivity contribution is 5.24. The van der Waals surface area contributed by atoms with Gasteiger partial charge in [-0.05, 0) is 30.7 Å². The van der Waals surface area contributed by atoms with Gasteiger partial charge < -0.3 is 10.1 Å². The second-order valence-electron chi connectivity index (χ2n) is 4.21. The molecule has 1 aromatic carbocycles. The first-order chi connectivity index (χ1) is 8.92. The van der Waals surface area contributed by atoms with Gasteiger partial charge in [0.2, 0.25) is 0 Å². The van der Waals surface area contributed by atoms with Crippen LogP contribution in [0.15, 0.2) is 18.2 Å². The maximum Gasteiger partial charge on any atom is 0.411 e. The lowest BCUT2D eigenvalue weighted by molar-refractivity contribution is -0.176. The molecule has 19 heavy (non-hydrogen) atoms. The molecular formula is C13H17F4NO. The van der Waals surface area contributed by atoms with E-state index in [4.69, 9.17) is 0 Å². The summed E-state index contributed by atoms with van der Waals surface area (Å²) in [6.45, 7) is 1.66. The van der Waals surface area contributed by atoms with Crippen LogP contribution in [0, 0.1) is 5.82 Å². The number of rotatable bonds is 7. The molecule has 6 heteroatoms. The Morgan fingerprint density at radius 3 is 2.63 bits per heavy atom. The van der Waals surface area contributed by atoms with Crippen LogP contribution in [0.25, 0.3) is 0 Å². The van der Waals surface area contributed by atoms with E-state index in [0.717, 1.165) is 18.5 Å². The van der Waals surface area contributed by atoms with Crippen molar-refractivity contribution in [3.05, 3.63) is 35.1 Å². The van der Waals surface area contributed by atoms with Crippen LogP contribution in [0.5, 0.6) is 0 Å². The number of halogens is 4. The Bertz CT molecular complexity index is 393. The van der Waals surface area contributed by atoms with Gasteiger partial charge in [0.1, 0.15) is 12.4 Å². The van der Waals surface area contributed by atoms with Crippen molar-refractivity contribution in [3.8, 4) is 0 Å². The first kappa shape index (κ1) is 15.9. The summed E-state index contributed by atoms with van der Waals surface area (Å²) < 4.78 is 53.6. The molecule has 0 radical (unpaired) electrons. The van der Waals surface area contributed by atoms with Gasteiger partial charge in [-0.25, -0.2) is 4.39 Å². The quantitative estimate of drug-likeness (QED) is 0.610. The van der Waals surface area contributed by atoms with Crippen molar-refractivity contribution in [2.24, 2.45) is 0 Å². The van der Waals surface area contributed by atoms with Crippen molar-refractivity contribution >= 4 is 0 Å². The van der Waals surface area contributed by atoms with Crippen LogP contribution in [0.1, 0.15) is 24.5 Å². The van der Waals surface area contributed by atoms with Crippen LogP contribution in [0.3, 0.4) is 0 Å². The molecule has 0 heterocycles. The maximum atomic E-state index is 13.4. The van der Waals surface area contributed by atoms with Crippen molar-refractivity contribution in [1.82, 2.24) is 5.32 Å². The Balaban J connectivity index is 2.54. The summed E-state index contributed by atoms with van der Waals surface area (Å²) in [6.07, 6.45) is -3.42. The average molecular weight is 279 g/mol. The highest BCUT2D eigenvalue weighted by Gasteiger charge is 2.27. The summed E-state index contributed by atoms with van der Waals surface area (Å²) in [4.78, 5) is 0. The predicted octanol–water partition coefficient (Wildman–Crippen LogP) is 3.40. The second-order valence-corrected chi connectivity index (χ2v) is 4.21. The molecule has 1 N–H and O–H groups in total. The molecule has 0 atom stereocenters. The van der Waals surface area contributed by atoms with E-state index in [9.17, 15) is 17.6 Å². The van der Waals surface area contributed by atoms with Gasteiger partial charge in [-0.15, -0.1) is 0 Å². The normalized spacial score (nSPS) is 11.8. The lowest BCUT2D eigenvalue weighted by Gasteiger charge is -2.10. The van der Waals surface area contributed by atoms with Gasteiger partial charge in [-0.1, -0.05) is 13.0 Å². The standard InChI is InChI=1S/C13H17F4NO/c1-2-5-18-7-10-3-4-12(14)11(6-10)8-19-9-13(15,16)17/h3-4,6,18H,2,5,7-9H2,1H3. The fraction of sp³-hybridized carbons (Fsp3) is 0.538. The topological polar surface area (TPSA) is 21.3 Å². The minimum absolute atomic E-state index is 0.139. The van der Waals surface area contributed by atoms with E-state index in [1.54, 1.807) is 6.07 Å². The number of benzene rings is 1. The minimum Gasteiger partial charge on any atom is -0.367 e. The summed E-state index contributed by atoms with van der Waals surface area (Å²) in [5.41, 5.74) is 0.959. The largest absolute Gasteiger partial charge is 0.411 e. The fourth-order valence-electron chi connectivity index (χ4n) is 1.53. The zero-order chi connectivity index (χ0) is 14.3. The molecule has 0 fully saturated rings. The lowest BCUT2D eigenvalue weighted by atomic mass is 10.1. The molecule has 0 aliphatic carbocycles. The Kier molecular flexibility index (Phi) is 6.24. The van der Waals surface area contributed by atoms with Gasteiger partial charge in [0.25, 0.3) is 0 Å². The number of alkyl halides is 3. The predicted molar refractivity (Wildman–Crippen MR) is 64.1 cm³/mol. The fourth-order valence-corrected chi connectivity index (χ4v) is 1.53. The summed E-state index contributed by atoms with van der Waals surface area (Å²) in [5, 5.41) is 3.14. The Morgan fingerprint density at radius 1 is 1.26 bits per heavy atom. The summed E-state index contributed by atoms with van der Waals surface area (Å²) in [6, 6.07) is 4.37. The van der Waals surface area contributed by atoms with Crippen molar-refractivity contribution < 1.29 is 22.3 Å². The van der Waals surface area contributed by atoms with Crippen molar-refractivity contribution in [2.75, 3.05) is 13.2 Å². The number of nitrogens with one attached hydrogen (secondary N) is 1. The number of hydrogen-bond acceptors (Lipinski definition) is 2. The first-order valence-electron chi connectivity index (χ1n) is 6.05. The molecule has 1 aromatic rings. The summed E-state index contributed by atoms with van der Waals surface area (Å²) in [5.74, 6) is -0.554. The molecule has 0 spiro atoms. The molecule has 0 saturated carbocycles. The Labute approximate surface area is 109 Å². The van der Waals surface area contributed by atoms with E-state index >= 15 is 0 Å². The van der Waals surface area contributed by atoms with E-state index in [1.165, 1.54) is 12.1 Å². The summed E-state index contributed by atoms with van der Waals surface area (Å²) in [7, 11) is 0. The molecule has 0 saturated heterocycles. The van der Waals surface area contributed by atoms with Crippen LogP contribution < -0.4 is 5.32 Å². The Morgan fingerprint density at radius 2 is 2.00 bits per heavy atom. The van der Waals surface area contributed by atoms with Gasteiger partial charge in [0, 0.05) is 12.1 Å². The molecule has 0 unspecified atom stereocenters. The Hall–Kier alpha value is -1.14. The maximum absolute atomic E-state index is 13.4. The van der Waals surface area contributed by atoms with E-state index in [0.29, 0.717) is 6.54 Å². The smallest absolute Gasteiger partial charge is 0.367 e. The molecule has 2 nitrogen and oxygen atoms in total. The van der Waals surface area contributed by atoms with Gasteiger partial charge in [0.15, 0.2) is 0 Å². The van der Waals surface area contributed by atoms with Crippen LogP contribution >= 0.6 is 0 Å². The third-order valence-electron chi connectivity index (χ3n) is 2.39. The summed E-state index contributed by atoms with van der Waals surface area (Å²) >= 11 is 0. The molecule has 108 valence electrons. The molecular weight excluding hydrogens is 262 g/mol. The van der Waals surface area contributed by atoms with Gasteiger partial charge >= 0.3 is 6.18 Å².